The van der Waals surface area contributed by atoms with Crippen LogP contribution in [-0.4, -0.2) is 56.6 Å². The lowest BCUT2D eigenvalue weighted by Crippen LogP contribution is -2.47. The van der Waals surface area contributed by atoms with Gasteiger partial charge in [0.05, 0.1) is 25.8 Å². The fourth-order valence-electron chi connectivity index (χ4n) is 1.83. The molecule has 0 aliphatic carbocycles. The van der Waals surface area contributed by atoms with Gasteiger partial charge in [-0.2, -0.15) is 4.31 Å². The van der Waals surface area contributed by atoms with Gasteiger partial charge >= 0.3 is 5.97 Å². The molecular weight excluding hydrogens is 292 g/mol. The number of carbonyl (C=O) groups is 1. The van der Waals surface area contributed by atoms with Gasteiger partial charge in [0.15, 0.2) is 9.90 Å². The first-order valence-electron chi connectivity index (χ1n) is 5.60. The smallest absolute Gasteiger partial charge is 0.358 e. The fraction of sp³-hybridized carbons (Fsp3) is 0.600. The Labute approximate surface area is 115 Å². The molecule has 0 aromatic carbocycles. The van der Waals surface area contributed by atoms with Crippen LogP contribution in [0.2, 0.25) is 0 Å². The highest BCUT2D eigenvalue weighted by Gasteiger charge is 2.36. The minimum Gasteiger partial charge on any atom is -0.464 e. The van der Waals surface area contributed by atoms with E-state index in [0.29, 0.717) is 13.2 Å². The van der Waals surface area contributed by atoms with Crippen molar-refractivity contribution in [2.45, 2.75) is 17.2 Å². The number of aromatic nitrogens is 1. The molecule has 7 nitrogen and oxygen atoms in total. The highest BCUT2D eigenvalue weighted by molar-refractivity contribution is 7.91. The van der Waals surface area contributed by atoms with Crippen LogP contribution in [0.25, 0.3) is 0 Å². The number of ether oxygens (including phenoxy) is 2. The molecule has 0 spiro atoms. The van der Waals surface area contributed by atoms with Crippen molar-refractivity contribution in [1.82, 2.24) is 9.29 Å². The summed E-state index contributed by atoms with van der Waals surface area (Å²) in [6.45, 7) is 2.71. The van der Waals surface area contributed by atoms with Crippen molar-refractivity contribution >= 4 is 27.3 Å². The van der Waals surface area contributed by atoms with Crippen LogP contribution in [0.5, 0.6) is 0 Å². The molecule has 0 amide bonds. The first-order chi connectivity index (χ1) is 8.98. The number of hydrogen-bond acceptors (Lipinski definition) is 7. The SMILES string of the molecule is COC(=O)c1ncsc1S(=O)(=O)N1CCOC[C@H]1C. The molecule has 1 aliphatic heterocycles. The number of nitrogens with zero attached hydrogens (tertiary/aromatic N) is 2. The molecule has 1 fully saturated rings. The first-order valence-corrected chi connectivity index (χ1v) is 7.92. The second-order valence-corrected chi connectivity index (χ2v) is 6.96. The molecule has 106 valence electrons. The van der Waals surface area contributed by atoms with Gasteiger partial charge in [-0.3, -0.25) is 0 Å². The van der Waals surface area contributed by atoms with Gasteiger partial charge in [0.1, 0.15) is 0 Å². The number of thiazole rings is 1. The van der Waals surface area contributed by atoms with Gasteiger partial charge in [-0.05, 0) is 6.92 Å². The summed E-state index contributed by atoms with van der Waals surface area (Å²) >= 11 is 0.913. The molecule has 0 unspecified atom stereocenters. The fourth-order valence-corrected chi connectivity index (χ4v) is 4.67. The predicted octanol–water partition coefficient (Wildman–Crippen LogP) is 0.339. The molecule has 0 saturated carbocycles. The summed E-state index contributed by atoms with van der Waals surface area (Å²) in [6.07, 6.45) is 0. The van der Waals surface area contributed by atoms with Crippen LogP contribution in [0, 0.1) is 0 Å². The number of carbonyl (C=O) groups excluding carboxylic acids is 1. The zero-order chi connectivity index (χ0) is 14.0. The average molecular weight is 306 g/mol. The normalized spacial score (nSPS) is 21.3. The Morgan fingerprint density at radius 3 is 3.00 bits per heavy atom. The van der Waals surface area contributed by atoms with Crippen molar-refractivity contribution in [2.75, 3.05) is 26.9 Å². The molecule has 0 bridgehead atoms. The van der Waals surface area contributed by atoms with E-state index >= 15 is 0 Å². The summed E-state index contributed by atoms with van der Waals surface area (Å²) in [5.41, 5.74) is 1.16. The summed E-state index contributed by atoms with van der Waals surface area (Å²) < 4.78 is 36.1. The molecule has 1 aliphatic rings. The van der Waals surface area contributed by atoms with E-state index in [9.17, 15) is 13.2 Å². The number of morpholine rings is 1. The Bertz CT molecular complexity index is 568. The van der Waals surface area contributed by atoms with Crippen molar-refractivity contribution in [2.24, 2.45) is 0 Å². The lowest BCUT2D eigenvalue weighted by atomic mass is 10.3. The number of rotatable bonds is 3. The Kier molecular flexibility index (Phi) is 4.19. The van der Waals surface area contributed by atoms with Crippen LogP contribution in [0.15, 0.2) is 9.72 Å². The van der Waals surface area contributed by atoms with Crippen molar-refractivity contribution in [3.63, 3.8) is 0 Å². The largest absolute Gasteiger partial charge is 0.464 e. The Hall–Kier alpha value is -1.03. The Morgan fingerprint density at radius 2 is 2.37 bits per heavy atom. The third-order valence-corrected chi connectivity index (χ3v) is 6.12. The summed E-state index contributed by atoms with van der Waals surface area (Å²) in [5, 5.41) is 0. The van der Waals surface area contributed by atoms with Crippen molar-refractivity contribution < 1.29 is 22.7 Å². The van der Waals surface area contributed by atoms with Gasteiger partial charge in [0, 0.05) is 12.6 Å². The molecule has 9 heteroatoms. The molecule has 2 rings (SSSR count). The van der Waals surface area contributed by atoms with E-state index in [1.165, 1.54) is 16.9 Å². The number of hydrogen-bond donors (Lipinski definition) is 0. The Balaban J connectivity index is 2.39. The van der Waals surface area contributed by atoms with Gasteiger partial charge in [-0.25, -0.2) is 18.2 Å². The lowest BCUT2D eigenvalue weighted by molar-refractivity contribution is 0.0392. The number of sulfonamides is 1. The van der Waals surface area contributed by atoms with Crippen LogP contribution in [0.4, 0.5) is 0 Å². The van der Waals surface area contributed by atoms with Gasteiger partial charge in [-0.1, -0.05) is 0 Å². The molecule has 2 heterocycles. The monoisotopic (exact) mass is 306 g/mol. The van der Waals surface area contributed by atoms with Crippen molar-refractivity contribution in [3.8, 4) is 0 Å². The maximum absolute atomic E-state index is 12.5. The van der Waals surface area contributed by atoms with E-state index in [1.807, 2.05) is 0 Å². The number of esters is 1. The third kappa shape index (κ3) is 2.64. The maximum Gasteiger partial charge on any atom is 0.358 e. The summed E-state index contributed by atoms with van der Waals surface area (Å²) in [4.78, 5) is 15.3. The van der Waals surface area contributed by atoms with E-state index < -0.39 is 16.0 Å². The summed E-state index contributed by atoms with van der Waals surface area (Å²) in [5.74, 6) is -0.749. The van der Waals surface area contributed by atoms with E-state index in [1.54, 1.807) is 6.92 Å². The second kappa shape index (κ2) is 5.53. The predicted molar refractivity (Wildman–Crippen MR) is 67.6 cm³/mol. The minimum atomic E-state index is -3.75. The van der Waals surface area contributed by atoms with Crippen LogP contribution in [0.1, 0.15) is 17.4 Å². The van der Waals surface area contributed by atoms with E-state index in [-0.39, 0.29) is 22.5 Å². The van der Waals surface area contributed by atoms with Crippen LogP contribution >= 0.6 is 11.3 Å². The molecule has 0 N–H and O–H groups in total. The summed E-state index contributed by atoms with van der Waals surface area (Å²) in [6, 6.07) is -0.272. The second-order valence-electron chi connectivity index (χ2n) is 4.02. The van der Waals surface area contributed by atoms with Gasteiger partial charge in [0.25, 0.3) is 10.0 Å². The highest BCUT2D eigenvalue weighted by atomic mass is 32.2. The highest BCUT2D eigenvalue weighted by Crippen LogP contribution is 2.27. The quantitative estimate of drug-likeness (QED) is 0.749. The standard InChI is InChI=1S/C10H14N2O5S2/c1-7-5-17-4-3-12(7)19(14,15)10-8(9(13)16-2)11-6-18-10/h6-7H,3-5H2,1-2H3/t7-/m1/s1. The van der Waals surface area contributed by atoms with Crippen LogP contribution in [-0.2, 0) is 19.5 Å². The Morgan fingerprint density at radius 1 is 1.63 bits per heavy atom. The van der Waals surface area contributed by atoms with Gasteiger partial charge in [0.2, 0.25) is 0 Å². The molecule has 1 aromatic heterocycles. The lowest BCUT2D eigenvalue weighted by Gasteiger charge is -2.31. The zero-order valence-electron chi connectivity index (χ0n) is 10.5. The van der Waals surface area contributed by atoms with Crippen LogP contribution < -0.4 is 0 Å². The first kappa shape index (κ1) is 14.4. The molecular formula is C10H14N2O5S2. The van der Waals surface area contributed by atoms with Crippen molar-refractivity contribution in [3.05, 3.63) is 11.2 Å². The van der Waals surface area contributed by atoms with Crippen molar-refractivity contribution in [1.29, 1.82) is 0 Å². The summed E-state index contributed by atoms with van der Waals surface area (Å²) in [7, 11) is -2.56. The molecule has 1 aromatic rings. The number of methoxy groups -OCH3 is 1. The maximum atomic E-state index is 12.5. The molecule has 1 atom stereocenters. The average Bonchev–Trinajstić information content (AvgIpc) is 2.88. The van der Waals surface area contributed by atoms with E-state index in [0.717, 1.165) is 11.3 Å². The van der Waals surface area contributed by atoms with Crippen LogP contribution in [0.3, 0.4) is 0 Å². The molecule has 19 heavy (non-hydrogen) atoms. The topological polar surface area (TPSA) is 85.8 Å². The van der Waals surface area contributed by atoms with E-state index in [2.05, 4.69) is 9.72 Å². The van der Waals surface area contributed by atoms with E-state index in [4.69, 9.17) is 4.74 Å². The molecule has 0 radical (unpaired) electrons. The minimum absolute atomic E-state index is 0.0758. The van der Waals surface area contributed by atoms with Gasteiger partial charge < -0.3 is 9.47 Å². The van der Waals surface area contributed by atoms with Gasteiger partial charge in [-0.15, -0.1) is 11.3 Å². The zero-order valence-corrected chi connectivity index (χ0v) is 12.2. The molecule has 1 saturated heterocycles. The third-order valence-electron chi connectivity index (χ3n) is 2.76.